The summed E-state index contributed by atoms with van der Waals surface area (Å²) in [7, 11) is 0. The van der Waals surface area contributed by atoms with Crippen LogP contribution < -0.4 is 5.32 Å². The molecule has 0 fully saturated rings. The van der Waals surface area contributed by atoms with Gasteiger partial charge in [-0.1, -0.05) is 34.5 Å². The number of furan rings is 1. The van der Waals surface area contributed by atoms with Crippen LogP contribution in [0.3, 0.4) is 0 Å². The number of nitrogens with zero attached hydrogens (tertiary/aromatic N) is 3. The largest absolute Gasteiger partial charge is 0.467 e. The molecule has 0 saturated heterocycles. The second-order valence-electron chi connectivity index (χ2n) is 6.70. The van der Waals surface area contributed by atoms with Gasteiger partial charge in [0.1, 0.15) is 17.4 Å². The molecule has 1 aliphatic rings. The molecule has 4 rings (SSSR count). The second kappa shape index (κ2) is 8.18. The van der Waals surface area contributed by atoms with Crippen LogP contribution in [0, 0.1) is 0 Å². The fraction of sp³-hybridized carbons (Fsp3) is 0.400. The summed E-state index contributed by atoms with van der Waals surface area (Å²) in [6, 6.07) is 12.3. The van der Waals surface area contributed by atoms with Gasteiger partial charge in [-0.05, 0) is 42.7 Å². The minimum Gasteiger partial charge on any atom is -0.467 e. The zero-order valence-electron chi connectivity index (χ0n) is 14.7. The van der Waals surface area contributed by atoms with E-state index < -0.39 is 0 Å². The first kappa shape index (κ1) is 17.5. The Hall–Kier alpha value is -1.92. The van der Waals surface area contributed by atoms with Gasteiger partial charge in [0.25, 0.3) is 0 Å². The van der Waals surface area contributed by atoms with Crippen molar-refractivity contribution in [3.8, 4) is 0 Å². The average molecular weight is 415 g/mol. The summed E-state index contributed by atoms with van der Waals surface area (Å²) in [4.78, 5) is 0. The first-order valence-electron chi connectivity index (χ1n) is 9.24. The molecule has 136 valence electrons. The van der Waals surface area contributed by atoms with E-state index in [0.29, 0.717) is 0 Å². The van der Waals surface area contributed by atoms with Gasteiger partial charge >= 0.3 is 0 Å². The lowest BCUT2D eigenvalue weighted by atomic mass is 10.0. The zero-order chi connectivity index (χ0) is 17.8. The van der Waals surface area contributed by atoms with Gasteiger partial charge in [0, 0.05) is 30.4 Å². The van der Waals surface area contributed by atoms with E-state index in [-0.39, 0.29) is 6.04 Å². The Morgan fingerprint density at radius 1 is 1.12 bits per heavy atom. The van der Waals surface area contributed by atoms with E-state index >= 15 is 0 Å². The molecule has 0 unspecified atom stereocenters. The third-order valence-electron chi connectivity index (χ3n) is 4.91. The molecule has 0 bridgehead atoms. The van der Waals surface area contributed by atoms with Crippen molar-refractivity contribution in [1.82, 2.24) is 20.1 Å². The number of benzene rings is 1. The Balaban J connectivity index is 1.46. The van der Waals surface area contributed by atoms with Crippen molar-refractivity contribution in [3.63, 3.8) is 0 Å². The number of hydrogen-bond donors (Lipinski definition) is 1. The van der Waals surface area contributed by atoms with Gasteiger partial charge in [-0.2, -0.15) is 0 Å². The highest BCUT2D eigenvalue weighted by atomic mass is 79.9. The van der Waals surface area contributed by atoms with E-state index in [1.165, 1.54) is 24.8 Å². The van der Waals surface area contributed by atoms with Gasteiger partial charge in [0.15, 0.2) is 0 Å². The van der Waals surface area contributed by atoms with E-state index in [0.717, 1.165) is 47.8 Å². The summed E-state index contributed by atoms with van der Waals surface area (Å²) < 4.78 is 9.06. The quantitative estimate of drug-likeness (QED) is 0.653. The molecule has 3 heterocycles. The minimum absolute atomic E-state index is 0.0321. The first-order chi connectivity index (χ1) is 12.8. The number of hydrogen-bond acceptors (Lipinski definition) is 4. The van der Waals surface area contributed by atoms with Gasteiger partial charge in [0.05, 0.1) is 12.3 Å². The van der Waals surface area contributed by atoms with Crippen LogP contribution in [0.5, 0.6) is 0 Å². The number of halogens is 1. The van der Waals surface area contributed by atoms with Gasteiger partial charge in [-0.15, -0.1) is 10.2 Å². The Labute approximate surface area is 161 Å². The topological polar surface area (TPSA) is 55.9 Å². The molecule has 0 saturated carbocycles. The Morgan fingerprint density at radius 3 is 2.81 bits per heavy atom. The highest BCUT2D eigenvalue weighted by Gasteiger charge is 2.18. The summed E-state index contributed by atoms with van der Waals surface area (Å²) in [6.07, 6.45) is 7.36. The summed E-state index contributed by atoms with van der Waals surface area (Å²) >= 11 is 3.50. The fourth-order valence-electron chi connectivity index (χ4n) is 3.55. The Morgan fingerprint density at radius 2 is 2.00 bits per heavy atom. The van der Waals surface area contributed by atoms with Gasteiger partial charge in [0.2, 0.25) is 0 Å². The molecule has 0 amide bonds. The van der Waals surface area contributed by atoms with E-state index in [1.54, 1.807) is 6.26 Å². The normalized spacial score (nSPS) is 15.4. The molecule has 2 aromatic heterocycles. The third-order valence-corrected chi connectivity index (χ3v) is 5.44. The summed E-state index contributed by atoms with van der Waals surface area (Å²) in [5.74, 6) is 3.16. The van der Waals surface area contributed by atoms with Crippen LogP contribution in [0.1, 0.15) is 48.3 Å². The van der Waals surface area contributed by atoms with Crippen LogP contribution in [0.4, 0.5) is 0 Å². The lowest BCUT2D eigenvalue weighted by molar-refractivity contribution is 0.445. The highest BCUT2D eigenvalue weighted by Crippen LogP contribution is 2.24. The standard InChI is InChI=1S/C20H23BrN4O/c21-16-9-7-15(8-10-16)20(17-5-4-14-26-17)22-12-11-19-24-23-18-6-2-1-3-13-25(18)19/h4-5,7-10,14,20,22H,1-3,6,11-13H2/t20-/m0/s1. The van der Waals surface area contributed by atoms with Crippen LogP contribution in [0.25, 0.3) is 0 Å². The lowest BCUT2D eigenvalue weighted by Gasteiger charge is -2.17. The van der Waals surface area contributed by atoms with Crippen LogP contribution in [0.15, 0.2) is 51.6 Å². The van der Waals surface area contributed by atoms with Gasteiger partial charge in [-0.25, -0.2) is 0 Å². The number of aryl methyl sites for hydroxylation is 1. The summed E-state index contributed by atoms with van der Waals surface area (Å²) in [5, 5.41) is 12.4. The SMILES string of the molecule is Brc1ccc([C@H](NCCc2nnc3n2CCCCC3)c2ccco2)cc1. The maximum Gasteiger partial charge on any atom is 0.134 e. The molecule has 1 atom stereocenters. The Kier molecular flexibility index (Phi) is 5.51. The smallest absolute Gasteiger partial charge is 0.134 e. The summed E-state index contributed by atoms with van der Waals surface area (Å²) in [5.41, 5.74) is 1.18. The maximum absolute atomic E-state index is 5.67. The number of aromatic nitrogens is 3. The van der Waals surface area contributed by atoms with Crippen LogP contribution in [-0.2, 0) is 19.4 Å². The lowest BCUT2D eigenvalue weighted by Crippen LogP contribution is -2.25. The van der Waals surface area contributed by atoms with Gasteiger partial charge in [-0.3, -0.25) is 0 Å². The minimum atomic E-state index is 0.0321. The van der Waals surface area contributed by atoms with Crippen molar-refractivity contribution in [2.45, 2.75) is 44.7 Å². The fourth-order valence-corrected chi connectivity index (χ4v) is 3.82. The molecule has 0 spiro atoms. The molecule has 3 aromatic rings. The number of rotatable bonds is 6. The predicted octanol–water partition coefficient (Wildman–Crippen LogP) is 4.28. The van der Waals surface area contributed by atoms with E-state index in [1.807, 2.05) is 12.1 Å². The highest BCUT2D eigenvalue weighted by molar-refractivity contribution is 9.10. The van der Waals surface area contributed by atoms with Crippen molar-refractivity contribution in [2.75, 3.05) is 6.54 Å². The van der Waals surface area contributed by atoms with Crippen molar-refractivity contribution in [2.24, 2.45) is 0 Å². The number of fused-ring (bicyclic) bond motifs is 1. The molecule has 1 aromatic carbocycles. The monoisotopic (exact) mass is 414 g/mol. The van der Waals surface area contributed by atoms with E-state index in [2.05, 4.69) is 60.3 Å². The second-order valence-corrected chi connectivity index (χ2v) is 7.61. The van der Waals surface area contributed by atoms with Crippen LogP contribution in [0.2, 0.25) is 0 Å². The predicted molar refractivity (Wildman–Crippen MR) is 104 cm³/mol. The van der Waals surface area contributed by atoms with Crippen LogP contribution in [-0.4, -0.2) is 21.3 Å². The van der Waals surface area contributed by atoms with E-state index in [9.17, 15) is 0 Å². The molecule has 26 heavy (non-hydrogen) atoms. The van der Waals surface area contributed by atoms with Crippen molar-refractivity contribution in [3.05, 3.63) is 70.1 Å². The Bertz CT molecular complexity index is 826. The molecular weight excluding hydrogens is 392 g/mol. The molecule has 0 radical (unpaired) electrons. The van der Waals surface area contributed by atoms with Crippen molar-refractivity contribution < 1.29 is 4.42 Å². The third kappa shape index (κ3) is 3.91. The van der Waals surface area contributed by atoms with E-state index in [4.69, 9.17) is 4.42 Å². The molecule has 0 aliphatic carbocycles. The molecular formula is C20H23BrN4O. The van der Waals surface area contributed by atoms with Gasteiger partial charge < -0.3 is 14.3 Å². The van der Waals surface area contributed by atoms with Crippen LogP contribution >= 0.6 is 15.9 Å². The zero-order valence-corrected chi connectivity index (χ0v) is 16.3. The maximum atomic E-state index is 5.67. The molecule has 1 aliphatic heterocycles. The average Bonchev–Trinajstić information content (AvgIpc) is 3.25. The van der Waals surface area contributed by atoms with Crippen molar-refractivity contribution in [1.29, 1.82) is 0 Å². The first-order valence-corrected chi connectivity index (χ1v) is 10.0. The van der Waals surface area contributed by atoms with Crippen molar-refractivity contribution >= 4 is 15.9 Å². The molecule has 5 nitrogen and oxygen atoms in total. The molecule has 1 N–H and O–H groups in total. The number of nitrogens with one attached hydrogen (secondary N) is 1. The summed E-state index contributed by atoms with van der Waals surface area (Å²) in [6.45, 7) is 1.87. The molecule has 6 heteroatoms.